The Morgan fingerprint density at radius 1 is 1.18 bits per heavy atom. The smallest absolute Gasteiger partial charge is 0.224 e. The summed E-state index contributed by atoms with van der Waals surface area (Å²) in [5.74, 6) is -0.335. The highest BCUT2D eigenvalue weighted by molar-refractivity contribution is 7.18. The van der Waals surface area contributed by atoms with Crippen LogP contribution in [0.25, 0.3) is 10.2 Å². The third kappa shape index (κ3) is 9.31. The molecule has 208 valence electrons. The zero-order valence-electron chi connectivity index (χ0n) is 23.4. The van der Waals surface area contributed by atoms with Crippen LogP contribution in [0.4, 0.5) is 0 Å². The lowest BCUT2D eigenvalue weighted by Crippen LogP contribution is -2.45. The standard InChI is InChI=1S/C30H44N4O3S/c1-5-21-13-15-26-27(18-21)38-29(32-26)20-23(19-28(36)31-2)30(37)33-25(22-10-7-6-8-11-22)16-14-24(35)12-9-17-34(3)4/h9,12-13,15,18,22-23,25H,5-8,10-11,14,16-17,19-20H2,1-4H3,(H,31,36)(H,33,37)/b12-9+/t23-,25+/m0/s1. The minimum atomic E-state index is -0.511. The first kappa shape index (κ1) is 30.0. The summed E-state index contributed by atoms with van der Waals surface area (Å²) in [4.78, 5) is 45.3. The Morgan fingerprint density at radius 2 is 1.95 bits per heavy atom. The van der Waals surface area contributed by atoms with Gasteiger partial charge in [0.15, 0.2) is 5.78 Å². The number of likely N-dealkylation sites (N-methyl/N-ethyl adjacent to an activating group) is 1. The quantitative estimate of drug-likeness (QED) is 0.340. The van der Waals surface area contributed by atoms with Crippen LogP contribution in [0.3, 0.4) is 0 Å². The predicted octanol–water partition coefficient (Wildman–Crippen LogP) is 4.69. The number of rotatable bonds is 14. The normalized spacial score (nSPS) is 16.1. The van der Waals surface area contributed by atoms with Crippen molar-refractivity contribution in [3.05, 3.63) is 40.9 Å². The fourth-order valence-corrected chi connectivity index (χ4v) is 6.27. The van der Waals surface area contributed by atoms with Crippen LogP contribution >= 0.6 is 11.3 Å². The number of carbonyl (C=O) groups excluding carboxylic acids is 3. The fraction of sp³-hybridized carbons (Fsp3) is 0.600. The van der Waals surface area contributed by atoms with Crippen molar-refractivity contribution in [2.24, 2.45) is 11.8 Å². The Hall–Kier alpha value is -2.58. The average molecular weight is 541 g/mol. The van der Waals surface area contributed by atoms with E-state index in [2.05, 4.69) is 29.7 Å². The number of hydrogen-bond acceptors (Lipinski definition) is 6. The Morgan fingerprint density at radius 3 is 2.63 bits per heavy atom. The SMILES string of the molecule is CCc1ccc2nc(C[C@H](CC(=O)NC)C(=O)N[C@H](CCC(=O)/C=C/CN(C)C)C3CCCCC3)sc2c1. The lowest BCUT2D eigenvalue weighted by Gasteiger charge is -2.32. The van der Waals surface area contributed by atoms with Gasteiger partial charge in [0.25, 0.3) is 0 Å². The van der Waals surface area contributed by atoms with Gasteiger partial charge in [-0.25, -0.2) is 4.98 Å². The summed E-state index contributed by atoms with van der Waals surface area (Å²) in [6.07, 6.45) is 11.7. The van der Waals surface area contributed by atoms with Gasteiger partial charge in [-0.05, 0) is 69.5 Å². The molecule has 0 radical (unpaired) electrons. The van der Waals surface area contributed by atoms with Crippen LogP contribution in [0.1, 0.15) is 68.9 Å². The highest BCUT2D eigenvalue weighted by Gasteiger charge is 2.30. The molecule has 1 saturated carbocycles. The van der Waals surface area contributed by atoms with Gasteiger partial charge in [-0.2, -0.15) is 0 Å². The van der Waals surface area contributed by atoms with Crippen molar-refractivity contribution in [2.45, 2.75) is 77.2 Å². The van der Waals surface area contributed by atoms with E-state index in [4.69, 9.17) is 4.98 Å². The number of ketones is 1. The Labute approximate surface area is 231 Å². The van der Waals surface area contributed by atoms with Crippen LogP contribution in [0.2, 0.25) is 0 Å². The van der Waals surface area contributed by atoms with Gasteiger partial charge < -0.3 is 15.5 Å². The summed E-state index contributed by atoms with van der Waals surface area (Å²) in [5, 5.41) is 6.83. The molecule has 38 heavy (non-hydrogen) atoms. The molecule has 1 aromatic carbocycles. The highest BCUT2D eigenvalue weighted by atomic mass is 32.1. The first-order chi connectivity index (χ1) is 18.3. The maximum Gasteiger partial charge on any atom is 0.224 e. The highest BCUT2D eigenvalue weighted by Crippen LogP contribution is 2.30. The molecule has 0 saturated heterocycles. The molecule has 7 nitrogen and oxygen atoms in total. The molecular formula is C30H44N4O3S. The van der Waals surface area contributed by atoms with E-state index in [-0.39, 0.29) is 30.1 Å². The fourth-order valence-electron chi connectivity index (χ4n) is 5.16. The van der Waals surface area contributed by atoms with Crippen LogP contribution < -0.4 is 10.6 Å². The molecule has 1 aromatic heterocycles. The second kappa shape index (κ2) is 15.1. The molecule has 1 heterocycles. The van der Waals surface area contributed by atoms with Gasteiger partial charge in [-0.3, -0.25) is 14.4 Å². The third-order valence-electron chi connectivity index (χ3n) is 7.43. The van der Waals surface area contributed by atoms with Gasteiger partial charge in [0.2, 0.25) is 11.8 Å². The minimum Gasteiger partial charge on any atom is -0.359 e. The summed E-state index contributed by atoms with van der Waals surface area (Å²) in [5.41, 5.74) is 2.19. The van der Waals surface area contributed by atoms with Crippen molar-refractivity contribution in [1.82, 2.24) is 20.5 Å². The molecule has 2 N–H and O–H groups in total. The average Bonchev–Trinajstić information content (AvgIpc) is 3.32. The molecule has 2 atom stereocenters. The molecule has 2 amide bonds. The number of allylic oxidation sites excluding steroid dienone is 1. The van der Waals surface area contributed by atoms with Gasteiger partial charge in [0.1, 0.15) is 0 Å². The van der Waals surface area contributed by atoms with Gasteiger partial charge in [0, 0.05) is 38.9 Å². The number of benzene rings is 1. The first-order valence-electron chi connectivity index (χ1n) is 14.0. The van der Waals surface area contributed by atoms with Gasteiger partial charge >= 0.3 is 0 Å². The summed E-state index contributed by atoms with van der Waals surface area (Å²) < 4.78 is 1.11. The van der Waals surface area contributed by atoms with Crippen LogP contribution in [0, 0.1) is 11.8 Å². The number of nitrogens with one attached hydrogen (secondary N) is 2. The topological polar surface area (TPSA) is 91.4 Å². The van der Waals surface area contributed by atoms with E-state index in [1.807, 2.05) is 31.1 Å². The number of fused-ring (bicyclic) bond motifs is 1. The summed E-state index contributed by atoms with van der Waals surface area (Å²) in [7, 11) is 5.53. The van der Waals surface area contributed by atoms with Gasteiger partial charge in [-0.1, -0.05) is 38.3 Å². The maximum absolute atomic E-state index is 13.6. The number of aromatic nitrogens is 1. The largest absolute Gasteiger partial charge is 0.359 e. The lowest BCUT2D eigenvalue weighted by molar-refractivity contribution is -0.131. The molecule has 1 fully saturated rings. The summed E-state index contributed by atoms with van der Waals surface area (Å²) in [6, 6.07) is 6.22. The lowest BCUT2D eigenvalue weighted by atomic mass is 9.81. The monoisotopic (exact) mass is 540 g/mol. The number of thiazole rings is 1. The Balaban J connectivity index is 1.73. The number of aryl methyl sites for hydroxylation is 1. The molecule has 2 aromatic rings. The second-order valence-corrected chi connectivity index (χ2v) is 11.8. The molecule has 1 aliphatic rings. The molecule has 3 rings (SSSR count). The van der Waals surface area contributed by atoms with Crippen LogP contribution in [-0.2, 0) is 27.2 Å². The van der Waals surface area contributed by atoms with Crippen molar-refractivity contribution in [2.75, 3.05) is 27.7 Å². The van der Waals surface area contributed by atoms with E-state index in [1.165, 1.54) is 12.0 Å². The number of amides is 2. The molecule has 1 aliphatic carbocycles. The third-order valence-corrected chi connectivity index (χ3v) is 8.47. The molecule has 0 aliphatic heterocycles. The van der Waals surface area contributed by atoms with Crippen molar-refractivity contribution in [3.63, 3.8) is 0 Å². The zero-order valence-corrected chi connectivity index (χ0v) is 24.2. The first-order valence-corrected chi connectivity index (χ1v) is 14.8. The predicted molar refractivity (Wildman–Crippen MR) is 155 cm³/mol. The van der Waals surface area contributed by atoms with Crippen LogP contribution in [-0.4, -0.2) is 61.2 Å². The van der Waals surface area contributed by atoms with Crippen molar-refractivity contribution < 1.29 is 14.4 Å². The van der Waals surface area contributed by atoms with E-state index >= 15 is 0 Å². The zero-order chi connectivity index (χ0) is 27.5. The molecule has 0 spiro atoms. The summed E-state index contributed by atoms with van der Waals surface area (Å²) >= 11 is 1.60. The van der Waals surface area contributed by atoms with Crippen molar-refractivity contribution in [1.29, 1.82) is 0 Å². The van der Waals surface area contributed by atoms with E-state index < -0.39 is 5.92 Å². The maximum atomic E-state index is 13.6. The van der Waals surface area contributed by atoms with Crippen molar-refractivity contribution in [3.8, 4) is 0 Å². The van der Waals surface area contributed by atoms with Crippen LogP contribution in [0.5, 0.6) is 0 Å². The Bertz CT molecular complexity index is 1100. The number of nitrogens with zero attached hydrogens (tertiary/aromatic N) is 2. The summed E-state index contributed by atoms with van der Waals surface area (Å²) in [6.45, 7) is 2.85. The molecule has 8 heteroatoms. The van der Waals surface area contributed by atoms with E-state index in [0.717, 1.165) is 53.9 Å². The molecule has 0 bridgehead atoms. The van der Waals surface area contributed by atoms with Crippen LogP contribution in [0.15, 0.2) is 30.4 Å². The van der Waals surface area contributed by atoms with E-state index in [9.17, 15) is 14.4 Å². The molecular weight excluding hydrogens is 496 g/mol. The number of hydrogen-bond donors (Lipinski definition) is 2. The number of carbonyl (C=O) groups is 3. The second-order valence-electron chi connectivity index (χ2n) is 10.7. The van der Waals surface area contributed by atoms with E-state index in [1.54, 1.807) is 24.5 Å². The Kier molecular flexibility index (Phi) is 11.9. The van der Waals surface area contributed by atoms with E-state index in [0.29, 0.717) is 25.2 Å². The molecule has 0 unspecified atom stereocenters. The van der Waals surface area contributed by atoms with Crippen molar-refractivity contribution >= 4 is 39.2 Å². The van der Waals surface area contributed by atoms with Gasteiger partial charge in [-0.15, -0.1) is 11.3 Å². The minimum absolute atomic E-state index is 0.0660. The van der Waals surface area contributed by atoms with Gasteiger partial charge in [0.05, 0.1) is 21.1 Å².